The number of methoxy groups -OCH3 is 1. The minimum atomic E-state index is -0.816. The number of carbonyl (C=O) groups excluding carboxylic acids is 2. The molecule has 1 amide bonds. The molecule has 7 nitrogen and oxygen atoms in total. The van der Waals surface area contributed by atoms with Gasteiger partial charge in [0, 0.05) is 6.54 Å². The first-order valence-electron chi connectivity index (χ1n) is 5.70. The van der Waals surface area contributed by atoms with Crippen LogP contribution in [0.25, 0.3) is 0 Å². The third-order valence-electron chi connectivity index (χ3n) is 2.81. The number of aromatic nitrogens is 2. The highest BCUT2D eigenvalue weighted by molar-refractivity contribution is 6.34. The van der Waals surface area contributed by atoms with Gasteiger partial charge >= 0.3 is 5.97 Å². The van der Waals surface area contributed by atoms with E-state index in [1.165, 1.54) is 18.1 Å². The first kappa shape index (κ1) is 15.0. The Kier molecular flexibility index (Phi) is 4.74. The zero-order valence-corrected chi connectivity index (χ0v) is 12.0. The molecule has 2 rings (SSSR count). The van der Waals surface area contributed by atoms with Gasteiger partial charge in [0.05, 0.1) is 25.9 Å². The molecule has 0 bridgehead atoms. The molecule has 1 fully saturated rings. The molecule has 1 aliphatic rings. The fourth-order valence-corrected chi connectivity index (χ4v) is 2.16. The molecule has 1 atom stereocenters. The Morgan fingerprint density at radius 2 is 2.20 bits per heavy atom. The molecule has 0 radical (unpaired) electrons. The van der Waals surface area contributed by atoms with E-state index in [4.69, 9.17) is 27.9 Å². The van der Waals surface area contributed by atoms with Gasteiger partial charge in [0.15, 0.2) is 16.3 Å². The number of halogens is 2. The summed E-state index contributed by atoms with van der Waals surface area (Å²) in [7, 11) is 1.25. The summed E-state index contributed by atoms with van der Waals surface area (Å²) in [4.78, 5) is 25.5. The Labute approximate surface area is 124 Å². The van der Waals surface area contributed by atoms with Crippen LogP contribution in [0.5, 0.6) is 0 Å². The molecule has 1 aliphatic heterocycles. The zero-order valence-electron chi connectivity index (χ0n) is 10.5. The summed E-state index contributed by atoms with van der Waals surface area (Å²) in [5.74, 6) is -1.02. The zero-order chi connectivity index (χ0) is 14.7. The molecular weight excluding hydrogens is 309 g/mol. The van der Waals surface area contributed by atoms with Crippen molar-refractivity contribution in [3.8, 4) is 0 Å². The van der Waals surface area contributed by atoms with Gasteiger partial charge in [0.2, 0.25) is 0 Å². The van der Waals surface area contributed by atoms with Crippen LogP contribution in [0.3, 0.4) is 0 Å². The van der Waals surface area contributed by atoms with E-state index in [0.29, 0.717) is 6.61 Å². The van der Waals surface area contributed by atoms with Crippen molar-refractivity contribution < 1.29 is 19.1 Å². The number of hydrogen-bond donors (Lipinski definition) is 0. The lowest BCUT2D eigenvalue weighted by molar-refractivity contribution is -0.151. The van der Waals surface area contributed by atoms with Crippen molar-refractivity contribution in [1.82, 2.24) is 15.1 Å². The normalized spacial score (nSPS) is 18.8. The van der Waals surface area contributed by atoms with E-state index in [9.17, 15) is 9.59 Å². The summed E-state index contributed by atoms with van der Waals surface area (Å²) < 4.78 is 9.85. The Morgan fingerprint density at radius 3 is 2.90 bits per heavy atom. The fraction of sp³-hybridized carbons (Fsp3) is 0.455. The predicted molar refractivity (Wildman–Crippen MR) is 69.7 cm³/mol. The van der Waals surface area contributed by atoms with Crippen molar-refractivity contribution in [2.75, 3.05) is 26.9 Å². The Balaban J connectivity index is 2.30. The number of carbonyl (C=O) groups is 2. The molecule has 0 aromatic carbocycles. The van der Waals surface area contributed by atoms with E-state index in [2.05, 4.69) is 14.9 Å². The van der Waals surface area contributed by atoms with E-state index in [-0.39, 0.29) is 29.0 Å². The van der Waals surface area contributed by atoms with Crippen molar-refractivity contribution in [3.63, 3.8) is 0 Å². The summed E-state index contributed by atoms with van der Waals surface area (Å²) in [6.07, 6.45) is 0. The molecule has 2 heterocycles. The lowest BCUT2D eigenvalue weighted by atomic mass is 10.2. The van der Waals surface area contributed by atoms with Crippen LogP contribution in [0.2, 0.25) is 10.3 Å². The maximum atomic E-state index is 12.5. The molecule has 1 aromatic rings. The van der Waals surface area contributed by atoms with E-state index in [0.717, 1.165) is 0 Å². The van der Waals surface area contributed by atoms with Crippen LogP contribution in [0, 0.1) is 0 Å². The molecule has 9 heteroatoms. The highest BCUT2D eigenvalue weighted by atomic mass is 35.5. The first-order chi connectivity index (χ1) is 9.54. The van der Waals surface area contributed by atoms with Crippen molar-refractivity contribution in [2.45, 2.75) is 6.04 Å². The van der Waals surface area contributed by atoms with Gasteiger partial charge in [-0.2, -0.15) is 0 Å². The summed E-state index contributed by atoms with van der Waals surface area (Å²) in [5, 5.41) is 7.07. The van der Waals surface area contributed by atoms with Gasteiger partial charge < -0.3 is 14.4 Å². The van der Waals surface area contributed by atoms with Crippen LogP contribution < -0.4 is 0 Å². The molecule has 0 aliphatic carbocycles. The third kappa shape index (κ3) is 3.00. The van der Waals surface area contributed by atoms with Crippen molar-refractivity contribution in [3.05, 3.63) is 21.9 Å². The molecule has 0 N–H and O–H groups in total. The Bertz CT molecular complexity index is 540. The van der Waals surface area contributed by atoms with E-state index >= 15 is 0 Å². The maximum absolute atomic E-state index is 12.5. The first-order valence-corrected chi connectivity index (χ1v) is 6.45. The third-order valence-corrected chi connectivity index (χ3v) is 3.28. The van der Waals surface area contributed by atoms with Gasteiger partial charge in [0.25, 0.3) is 5.91 Å². The number of ether oxygens (including phenoxy) is 2. The minimum absolute atomic E-state index is 0.0422. The summed E-state index contributed by atoms with van der Waals surface area (Å²) in [5.41, 5.74) is 0.0856. The predicted octanol–water partition coefficient (Wildman–Crippen LogP) is 0.797. The Morgan fingerprint density at radius 1 is 1.45 bits per heavy atom. The number of nitrogens with zero attached hydrogens (tertiary/aromatic N) is 3. The highest BCUT2D eigenvalue weighted by Crippen LogP contribution is 2.20. The van der Waals surface area contributed by atoms with E-state index in [1.807, 2.05) is 0 Å². The largest absolute Gasteiger partial charge is 0.467 e. The minimum Gasteiger partial charge on any atom is -0.467 e. The van der Waals surface area contributed by atoms with Crippen molar-refractivity contribution in [2.24, 2.45) is 0 Å². The topological polar surface area (TPSA) is 81.6 Å². The van der Waals surface area contributed by atoms with Crippen molar-refractivity contribution >= 4 is 35.1 Å². The molecule has 0 spiro atoms. The van der Waals surface area contributed by atoms with Gasteiger partial charge in [-0.15, -0.1) is 10.2 Å². The lowest BCUT2D eigenvalue weighted by Gasteiger charge is -2.33. The number of morpholine rings is 1. The van der Waals surface area contributed by atoms with E-state index < -0.39 is 17.9 Å². The average Bonchev–Trinajstić information content (AvgIpc) is 2.48. The fourth-order valence-electron chi connectivity index (χ4n) is 1.84. The van der Waals surface area contributed by atoms with Crippen LogP contribution >= 0.6 is 23.2 Å². The van der Waals surface area contributed by atoms with Crippen LogP contribution in [0.15, 0.2) is 6.07 Å². The molecule has 0 saturated carbocycles. The second-order valence-electron chi connectivity index (χ2n) is 3.98. The maximum Gasteiger partial charge on any atom is 0.331 e. The number of hydrogen-bond acceptors (Lipinski definition) is 6. The number of rotatable bonds is 2. The molecule has 1 unspecified atom stereocenters. The highest BCUT2D eigenvalue weighted by Gasteiger charge is 2.35. The standard InChI is InChI=1S/C11H11Cl2N3O4/c1-19-11(18)7-5-20-3-2-16(7)10(17)6-4-8(12)14-15-9(6)13/h4,7H,2-3,5H2,1H3. The second kappa shape index (κ2) is 6.34. The summed E-state index contributed by atoms with van der Waals surface area (Å²) in [6, 6.07) is 0.493. The molecular formula is C11H11Cl2N3O4. The van der Waals surface area contributed by atoms with Gasteiger partial charge in [-0.05, 0) is 6.07 Å². The Hall–Kier alpha value is -1.44. The quantitative estimate of drug-likeness (QED) is 0.750. The number of esters is 1. The van der Waals surface area contributed by atoms with Gasteiger partial charge in [-0.1, -0.05) is 23.2 Å². The smallest absolute Gasteiger partial charge is 0.331 e. The monoisotopic (exact) mass is 319 g/mol. The lowest BCUT2D eigenvalue weighted by Crippen LogP contribution is -2.53. The SMILES string of the molecule is COC(=O)C1COCCN1C(=O)c1cc(Cl)nnc1Cl. The molecule has 108 valence electrons. The molecule has 1 saturated heterocycles. The van der Waals surface area contributed by atoms with E-state index in [1.54, 1.807) is 0 Å². The summed E-state index contributed by atoms with van der Waals surface area (Å²) >= 11 is 11.6. The van der Waals surface area contributed by atoms with Gasteiger partial charge in [-0.3, -0.25) is 4.79 Å². The van der Waals surface area contributed by atoms with Crippen molar-refractivity contribution in [1.29, 1.82) is 0 Å². The summed E-state index contributed by atoms with van der Waals surface area (Å²) in [6.45, 7) is 0.639. The van der Waals surface area contributed by atoms with Crippen LogP contribution in [0.4, 0.5) is 0 Å². The van der Waals surface area contributed by atoms with Gasteiger partial charge in [0.1, 0.15) is 0 Å². The number of amides is 1. The molecule has 1 aromatic heterocycles. The van der Waals surface area contributed by atoms with Crippen LogP contribution in [-0.2, 0) is 14.3 Å². The van der Waals surface area contributed by atoms with Crippen LogP contribution in [0.1, 0.15) is 10.4 Å². The van der Waals surface area contributed by atoms with Crippen LogP contribution in [-0.4, -0.2) is 59.9 Å². The molecule has 20 heavy (non-hydrogen) atoms. The average molecular weight is 320 g/mol. The van der Waals surface area contributed by atoms with Gasteiger partial charge in [-0.25, -0.2) is 4.79 Å². The second-order valence-corrected chi connectivity index (χ2v) is 4.73.